The van der Waals surface area contributed by atoms with Crippen LogP contribution in [0.3, 0.4) is 0 Å². The summed E-state index contributed by atoms with van der Waals surface area (Å²) in [6, 6.07) is 4.52. The van der Waals surface area contributed by atoms with E-state index in [9.17, 15) is 24.3 Å². The molecule has 0 saturated heterocycles. The van der Waals surface area contributed by atoms with E-state index in [0.717, 1.165) is 0 Å². The van der Waals surface area contributed by atoms with E-state index in [2.05, 4.69) is 0 Å². The number of fused-ring (bicyclic) bond motifs is 1. The summed E-state index contributed by atoms with van der Waals surface area (Å²) >= 11 is 0. The van der Waals surface area contributed by atoms with Gasteiger partial charge in [-0.3, -0.25) is 19.3 Å². The zero-order valence-electron chi connectivity index (χ0n) is 11.4. The molecule has 0 aromatic heterocycles. The molecule has 8 heteroatoms. The standard InChI is InChI=1S/C13H12N2O5.Na/c14-10(16)6-5-9(13(19)20)15-11(17)7-3-1-2-4-8(7)12(15)18;/h1-4,9H,5-6H2,(H2,14,16)(H,19,20);/q;+1/p-1. The van der Waals surface area contributed by atoms with Crippen LogP contribution in [0, 0.1) is 0 Å². The predicted octanol–water partition coefficient (Wildman–Crippen LogP) is -4.33. The third kappa shape index (κ3) is 3.31. The Hall–Kier alpha value is -1.70. The van der Waals surface area contributed by atoms with Gasteiger partial charge in [-0.1, -0.05) is 12.1 Å². The molecule has 1 atom stereocenters. The van der Waals surface area contributed by atoms with E-state index in [-0.39, 0.29) is 53.5 Å². The first kappa shape index (κ1) is 17.4. The number of nitrogens with two attached hydrogens (primary N) is 1. The fourth-order valence-electron chi connectivity index (χ4n) is 2.12. The van der Waals surface area contributed by atoms with Crippen molar-refractivity contribution >= 4 is 23.7 Å². The summed E-state index contributed by atoms with van der Waals surface area (Å²) in [6.45, 7) is 0. The van der Waals surface area contributed by atoms with E-state index in [1.165, 1.54) is 12.1 Å². The molecule has 1 unspecified atom stereocenters. The van der Waals surface area contributed by atoms with Crippen LogP contribution < -0.4 is 40.4 Å². The molecule has 104 valence electrons. The molecule has 2 rings (SSSR count). The van der Waals surface area contributed by atoms with Crippen molar-refractivity contribution in [2.24, 2.45) is 5.73 Å². The molecule has 0 spiro atoms. The molecule has 3 amide bonds. The van der Waals surface area contributed by atoms with Gasteiger partial charge in [-0.05, 0) is 18.6 Å². The van der Waals surface area contributed by atoms with E-state index < -0.39 is 29.7 Å². The van der Waals surface area contributed by atoms with Crippen molar-refractivity contribution in [2.45, 2.75) is 18.9 Å². The molecule has 21 heavy (non-hydrogen) atoms. The second kappa shape index (κ2) is 6.84. The van der Waals surface area contributed by atoms with Gasteiger partial charge in [0.2, 0.25) is 5.91 Å². The molecule has 0 bridgehead atoms. The van der Waals surface area contributed by atoms with Crippen molar-refractivity contribution in [1.29, 1.82) is 0 Å². The first-order valence-electron chi connectivity index (χ1n) is 5.89. The maximum absolute atomic E-state index is 12.1. The third-order valence-electron chi connectivity index (χ3n) is 3.07. The monoisotopic (exact) mass is 298 g/mol. The number of carbonyl (C=O) groups is 4. The van der Waals surface area contributed by atoms with Gasteiger partial charge in [0.05, 0.1) is 23.1 Å². The number of amides is 3. The van der Waals surface area contributed by atoms with Crippen LogP contribution in [0.2, 0.25) is 0 Å². The number of carbonyl (C=O) groups excluding carboxylic acids is 4. The minimum atomic E-state index is -1.60. The fraction of sp³-hybridized carbons (Fsp3) is 0.231. The molecule has 1 aliphatic heterocycles. The van der Waals surface area contributed by atoms with Gasteiger partial charge < -0.3 is 15.6 Å². The van der Waals surface area contributed by atoms with E-state index in [1.54, 1.807) is 12.1 Å². The number of benzene rings is 1. The Labute approximate surface area is 142 Å². The van der Waals surface area contributed by atoms with Crippen LogP contribution >= 0.6 is 0 Å². The first-order chi connectivity index (χ1) is 9.43. The number of rotatable bonds is 5. The Morgan fingerprint density at radius 2 is 1.62 bits per heavy atom. The van der Waals surface area contributed by atoms with E-state index in [4.69, 9.17) is 5.73 Å². The Morgan fingerprint density at radius 1 is 1.14 bits per heavy atom. The fourth-order valence-corrected chi connectivity index (χ4v) is 2.12. The van der Waals surface area contributed by atoms with Crippen LogP contribution in [0.25, 0.3) is 0 Å². The van der Waals surface area contributed by atoms with Gasteiger partial charge in [0.1, 0.15) is 0 Å². The van der Waals surface area contributed by atoms with Crippen LogP contribution in [0.15, 0.2) is 24.3 Å². The van der Waals surface area contributed by atoms with Crippen LogP contribution in [-0.2, 0) is 9.59 Å². The molecule has 1 aromatic carbocycles. The Morgan fingerprint density at radius 3 is 2.00 bits per heavy atom. The number of primary amides is 1. The van der Waals surface area contributed by atoms with Crippen molar-refractivity contribution < 1.29 is 53.8 Å². The molecule has 0 fully saturated rings. The van der Waals surface area contributed by atoms with Crippen LogP contribution in [0.5, 0.6) is 0 Å². The third-order valence-corrected chi connectivity index (χ3v) is 3.07. The van der Waals surface area contributed by atoms with Crippen molar-refractivity contribution in [3.05, 3.63) is 35.4 Å². The van der Waals surface area contributed by atoms with Gasteiger partial charge in [-0.25, -0.2) is 0 Å². The molecule has 0 radical (unpaired) electrons. The zero-order chi connectivity index (χ0) is 14.9. The van der Waals surface area contributed by atoms with E-state index in [0.29, 0.717) is 4.90 Å². The normalized spacial score (nSPS) is 14.4. The Bertz CT molecular complexity index is 581. The Kier molecular flexibility index (Phi) is 5.65. The largest absolute Gasteiger partial charge is 1.00 e. The van der Waals surface area contributed by atoms with Crippen molar-refractivity contribution in [3.8, 4) is 0 Å². The number of carboxylic acid groups (broad SMARTS) is 1. The maximum Gasteiger partial charge on any atom is 1.00 e. The number of nitrogens with zero attached hydrogens (tertiary/aromatic N) is 1. The van der Waals surface area contributed by atoms with Gasteiger partial charge in [-0.15, -0.1) is 0 Å². The molecule has 1 aliphatic rings. The molecular formula is C13H11N2NaO5. The summed E-state index contributed by atoms with van der Waals surface area (Å²) in [7, 11) is 0. The second-order valence-corrected chi connectivity index (χ2v) is 4.37. The van der Waals surface area contributed by atoms with Crippen molar-refractivity contribution in [2.75, 3.05) is 0 Å². The number of imide groups is 1. The van der Waals surface area contributed by atoms with Crippen LogP contribution in [0.1, 0.15) is 33.6 Å². The van der Waals surface area contributed by atoms with Crippen LogP contribution in [0.4, 0.5) is 0 Å². The van der Waals surface area contributed by atoms with Crippen molar-refractivity contribution in [1.82, 2.24) is 4.90 Å². The minimum absolute atomic E-state index is 0. The summed E-state index contributed by atoms with van der Waals surface area (Å²) < 4.78 is 0. The maximum atomic E-state index is 12.1. The predicted molar refractivity (Wildman–Crippen MR) is 64.2 cm³/mol. The summed E-state index contributed by atoms with van der Waals surface area (Å²) in [5.41, 5.74) is 5.24. The average Bonchev–Trinajstić information content (AvgIpc) is 2.64. The number of hydrogen-bond donors (Lipinski definition) is 1. The summed E-state index contributed by atoms with van der Waals surface area (Å²) in [4.78, 5) is 46.7. The summed E-state index contributed by atoms with van der Waals surface area (Å²) in [5, 5.41) is 11.1. The minimum Gasteiger partial charge on any atom is -0.548 e. The van der Waals surface area contributed by atoms with Crippen molar-refractivity contribution in [3.63, 3.8) is 0 Å². The van der Waals surface area contributed by atoms with E-state index in [1.807, 2.05) is 0 Å². The topological polar surface area (TPSA) is 121 Å². The van der Waals surface area contributed by atoms with E-state index >= 15 is 0 Å². The van der Waals surface area contributed by atoms with Gasteiger partial charge in [0, 0.05) is 6.42 Å². The van der Waals surface area contributed by atoms with Gasteiger partial charge in [-0.2, -0.15) is 0 Å². The van der Waals surface area contributed by atoms with Gasteiger partial charge >= 0.3 is 29.6 Å². The SMILES string of the molecule is NC(=O)CCC(C(=O)[O-])N1C(=O)c2ccccc2C1=O.[Na+]. The molecule has 1 aromatic rings. The second-order valence-electron chi connectivity index (χ2n) is 4.37. The quantitative estimate of drug-likeness (QED) is 0.435. The average molecular weight is 298 g/mol. The molecule has 2 N–H and O–H groups in total. The van der Waals surface area contributed by atoms with Gasteiger partial charge in [0.25, 0.3) is 11.8 Å². The number of hydrogen-bond acceptors (Lipinski definition) is 5. The summed E-state index contributed by atoms with van der Waals surface area (Å²) in [5.74, 6) is -3.72. The molecule has 1 heterocycles. The number of carboxylic acids is 1. The molecule has 7 nitrogen and oxygen atoms in total. The molecular weight excluding hydrogens is 287 g/mol. The van der Waals surface area contributed by atoms with Gasteiger partial charge in [0.15, 0.2) is 0 Å². The molecule has 0 aliphatic carbocycles. The molecule has 0 saturated carbocycles. The summed E-state index contributed by atoms with van der Waals surface area (Å²) in [6.07, 6.45) is -0.519. The Balaban J connectivity index is 0.00000220. The first-order valence-corrected chi connectivity index (χ1v) is 5.89. The zero-order valence-corrected chi connectivity index (χ0v) is 13.4. The smallest absolute Gasteiger partial charge is 0.548 e. The van der Waals surface area contributed by atoms with Crippen LogP contribution in [-0.4, -0.2) is 34.6 Å². The number of aliphatic carboxylic acids is 1.